The second kappa shape index (κ2) is 8.52. The number of piperazine rings is 1. The molecule has 2 heterocycles. The minimum Gasteiger partial charge on any atom is -0.339 e. The highest BCUT2D eigenvalue weighted by Crippen LogP contribution is 2.29. The lowest BCUT2D eigenvalue weighted by Crippen LogP contribution is -2.49. The molecule has 0 aliphatic carbocycles. The van der Waals surface area contributed by atoms with Gasteiger partial charge in [-0.05, 0) is 12.5 Å². The van der Waals surface area contributed by atoms with Crippen LogP contribution >= 0.6 is 11.8 Å². The highest BCUT2D eigenvalue weighted by molar-refractivity contribution is 7.99. The van der Waals surface area contributed by atoms with Gasteiger partial charge in [-0.1, -0.05) is 42.1 Å². The molecule has 1 aromatic carbocycles. The molecule has 1 aliphatic heterocycles. The quantitative estimate of drug-likeness (QED) is 0.706. The Labute approximate surface area is 165 Å². The van der Waals surface area contributed by atoms with Crippen LogP contribution in [-0.4, -0.2) is 62.4 Å². The summed E-state index contributed by atoms with van der Waals surface area (Å²) in [5, 5.41) is 6.80. The number of carbonyl (C=O) groups excluding carboxylic acids is 1. The van der Waals surface area contributed by atoms with Crippen molar-refractivity contribution in [2.75, 3.05) is 31.9 Å². The smallest absolute Gasteiger partial charge is 0.339 e. The van der Waals surface area contributed by atoms with Crippen LogP contribution in [-0.2, 0) is 18.0 Å². The predicted molar refractivity (Wildman–Crippen MR) is 99.7 cm³/mol. The Bertz CT molecular complexity index is 803. The van der Waals surface area contributed by atoms with Crippen LogP contribution in [0.4, 0.5) is 13.2 Å². The number of halogens is 3. The summed E-state index contributed by atoms with van der Waals surface area (Å²) < 4.78 is 39.2. The molecule has 0 radical (unpaired) electrons. The minimum absolute atomic E-state index is 0.0398. The van der Waals surface area contributed by atoms with E-state index in [1.165, 1.54) is 12.6 Å². The van der Waals surface area contributed by atoms with Gasteiger partial charge in [0.15, 0.2) is 5.16 Å². The molecule has 1 aliphatic rings. The Morgan fingerprint density at radius 3 is 2.36 bits per heavy atom. The first-order chi connectivity index (χ1) is 13.3. The van der Waals surface area contributed by atoms with Crippen molar-refractivity contribution in [1.82, 2.24) is 24.6 Å². The summed E-state index contributed by atoms with van der Waals surface area (Å²) in [5.74, 6) is -1.13. The average Bonchev–Trinajstić information content (AvgIpc) is 3.07. The van der Waals surface area contributed by atoms with Gasteiger partial charge in [0, 0.05) is 39.3 Å². The molecule has 0 unspecified atom stereocenters. The van der Waals surface area contributed by atoms with Crippen molar-refractivity contribution in [3.05, 3.63) is 41.7 Å². The van der Waals surface area contributed by atoms with E-state index < -0.39 is 12.0 Å². The number of thioether (sulfide) groups is 1. The van der Waals surface area contributed by atoms with E-state index >= 15 is 0 Å². The van der Waals surface area contributed by atoms with E-state index in [9.17, 15) is 18.0 Å². The molecule has 1 saturated heterocycles. The van der Waals surface area contributed by atoms with Gasteiger partial charge in [-0.15, -0.1) is 10.2 Å². The summed E-state index contributed by atoms with van der Waals surface area (Å²) in [5.41, 5.74) is 1.24. The van der Waals surface area contributed by atoms with Crippen LogP contribution in [0.15, 0.2) is 35.5 Å². The topological polar surface area (TPSA) is 54.3 Å². The fraction of sp³-hybridized carbons (Fsp3) is 0.500. The molecule has 0 saturated carbocycles. The molecule has 1 fully saturated rings. The molecule has 0 N–H and O–H groups in total. The minimum atomic E-state index is -4.56. The van der Waals surface area contributed by atoms with Crippen LogP contribution in [0.5, 0.6) is 0 Å². The molecular formula is C18H22F3N5OS. The highest BCUT2D eigenvalue weighted by Gasteiger charge is 2.37. The Hall–Kier alpha value is -2.07. The van der Waals surface area contributed by atoms with Gasteiger partial charge in [0.1, 0.15) is 0 Å². The number of alkyl halides is 3. The molecule has 3 rings (SSSR count). The van der Waals surface area contributed by atoms with E-state index in [1.807, 2.05) is 18.2 Å². The zero-order chi connectivity index (χ0) is 20.3. The van der Waals surface area contributed by atoms with Crippen LogP contribution in [0.1, 0.15) is 24.4 Å². The van der Waals surface area contributed by atoms with Crippen molar-refractivity contribution in [2.45, 2.75) is 24.3 Å². The number of aromatic nitrogens is 3. The average molecular weight is 413 g/mol. The zero-order valence-corrected chi connectivity index (χ0v) is 16.5. The first-order valence-corrected chi connectivity index (χ1v) is 9.92. The molecule has 1 atom stereocenters. The van der Waals surface area contributed by atoms with Gasteiger partial charge in [-0.2, -0.15) is 13.2 Å². The highest BCUT2D eigenvalue weighted by atomic mass is 32.2. The van der Waals surface area contributed by atoms with Crippen LogP contribution in [0, 0.1) is 0 Å². The van der Waals surface area contributed by atoms with Crippen LogP contribution in [0.25, 0.3) is 0 Å². The van der Waals surface area contributed by atoms with Crippen molar-refractivity contribution in [2.24, 2.45) is 7.05 Å². The summed E-state index contributed by atoms with van der Waals surface area (Å²) in [4.78, 5) is 16.5. The Morgan fingerprint density at radius 1 is 1.14 bits per heavy atom. The Balaban J connectivity index is 1.50. The van der Waals surface area contributed by atoms with Crippen molar-refractivity contribution in [3.8, 4) is 0 Å². The summed E-state index contributed by atoms with van der Waals surface area (Å²) in [6, 6.07) is 10.5. The summed E-state index contributed by atoms with van der Waals surface area (Å²) in [6.07, 6.45) is -4.56. The predicted octanol–water partition coefficient (Wildman–Crippen LogP) is 2.83. The van der Waals surface area contributed by atoms with Crippen molar-refractivity contribution in [1.29, 1.82) is 0 Å². The van der Waals surface area contributed by atoms with Gasteiger partial charge < -0.3 is 9.47 Å². The molecule has 152 valence electrons. The number of nitrogens with zero attached hydrogens (tertiary/aromatic N) is 5. The Kier molecular flexibility index (Phi) is 6.29. The van der Waals surface area contributed by atoms with Crippen molar-refractivity contribution < 1.29 is 18.0 Å². The summed E-state index contributed by atoms with van der Waals surface area (Å²) in [6.45, 7) is 4.87. The maximum absolute atomic E-state index is 12.8. The fourth-order valence-corrected chi connectivity index (χ4v) is 4.02. The maximum Gasteiger partial charge on any atom is 0.451 e. The lowest BCUT2D eigenvalue weighted by Gasteiger charge is -2.38. The molecule has 0 bridgehead atoms. The molecule has 2 aromatic rings. The second-order valence-corrected chi connectivity index (χ2v) is 7.60. The van der Waals surface area contributed by atoms with Crippen LogP contribution in [0.3, 0.4) is 0 Å². The Morgan fingerprint density at radius 2 is 1.79 bits per heavy atom. The monoisotopic (exact) mass is 413 g/mol. The summed E-state index contributed by atoms with van der Waals surface area (Å²) >= 11 is 0.974. The van der Waals surface area contributed by atoms with E-state index in [4.69, 9.17) is 0 Å². The lowest BCUT2D eigenvalue weighted by molar-refractivity contribution is -0.147. The van der Waals surface area contributed by atoms with E-state index in [0.717, 1.165) is 29.4 Å². The van der Waals surface area contributed by atoms with Crippen LogP contribution in [0.2, 0.25) is 0 Å². The van der Waals surface area contributed by atoms with Gasteiger partial charge in [0.2, 0.25) is 11.7 Å². The third kappa shape index (κ3) is 4.67. The van der Waals surface area contributed by atoms with E-state index in [2.05, 4.69) is 34.2 Å². The first-order valence-electron chi connectivity index (χ1n) is 8.93. The van der Waals surface area contributed by atoms with Gasteiger partial charge in [0.05, 0.1) is 5.75 Å². The molecule has 0 spiro atoms. The largest absolute Gasteiger partial charge is 0.451 e. The third-order valence-corrected chi connectivity index (χ3v) is 5.91. The number of carbonyl (C=O) groups is 1. The molecular weight excluding hydrogens is 391 g/mol. The summed E-state index contributed by atoms with van der Waals surface area (Å²) in [7, 11) is 1.25. The molecule has 1 amide bonds. The van der Waals surface area contributed by atoms with Crippen LogP contribution < -0.4 is 0 Å². The van der Waals surface area contributed by atoms with Crippen molar-refractivity contribution >= 4 is 17.7 Å². The van der Waals surface area contributed by atoms with Gasteiger partial charge in [-0.25, -0.2) is 0 Å². The number of hydrogen-bond donors (Lipinski definition) is 0. The molecule has 1 aromatic heterocycles. The molecule has 10 heteroatoms. The fourth-order valence-electron chi connectivity index (χ4n) is 3.21. The maximum atomic E-state index is 12.8. The SMILES string of the molecule is C[C@@H](c1ccccc1)N1CCN(C(=O)CSc2nnc(C(F)(F)F)n2C)CC1. The first kappa shape index (κ1) is 20.7. The van der Waals surface area contributed by atoms with E-state index in [1.54, 1.807) is 4.90 Å². The van der Waals surface area contributed by atoms with Crippen molar-refractivity contribution in [3.63, 3.8) is 0 Å². The normalized spacial score (nSPS) is 17.0. The van der Waals surface area contributed by atoms with E-state index in [-0.39, 0.29) is 22.9 Å². The number of amides is 1. The zero-order valence-electron chi connectivity index (χ0n) is 15.7. The number of rotatable bonds is 5. The van der Waals surface area contributed by atoms with Gasteiger partial charge in [-0.3, -0.25) is 9.69 Å². The van der Waals surface area contributed by atoms with Gasteiger partial charge >= 0.3 is 6.18 Å². The third-order valence-electron chi connectivity index (χ3n) is 4.91. The standard InChI is InChI=1S/C18H22F3N5OS/c1-13(14-6-4-3-5-7-14)25-8-10-26(11-9-25)15(27)12-28-17-23-22-16(24(17)2)18(19,20)21/h3-7,13H,8-12H2,1-2H3/t13-/m0/s1. The van der Waals surface area contributed by atoms with E-state index in [0.29, 0.717) is 13.1 Å². The number of hydrogen-bond acceptors (Lipinski definition) is 5. The molecule has 6 nitrogen and oxygen atoms in total. The molecule has 28 heavy (non-hydrogen) atoms. The lowest BCUT2D eigenvalue weighted by atomic mass is 10.1. The number of benzene rings is 1. The van der Waals surface area contributed by atoms with Gasteiger partial charge in [0.25, 0.3) is 0 Å². The second-order valence-electron chi connectivity index (χ2n) is 6.66.